The molecule has 4 heteroatoms. The van der Waals surface area contributed by atoms with Gasteiger partial charge in [-0.05, 0) is 18.7 Å². The molecule has 2 rings (SSSR count). The van der Waals surface area contributed by atoms with Crippen molar-refractivity contribution in [2.24, 2.45) is 0 Å². The molecule has 1 aromatic rings. The monoisotopic (exact) mass is 231 g/mol. The quantitative estimate of drug-likeness (QED) is 0.578. The number of terminal acetylenes is 1. The van der Waals surface area contributed by atoms with Crippen LogP contribution in [0.3, 0.4) is 0 Å². The number of nitrogens with zero attached hydrogens (tertiary/aromatic N) is 1. The Labute approximate surface area is 100 Å². The minimum Gasteiger partial charge on any atom is -0.454 e. The maximum absolute atomic E-state index is 11.1. The van der Waals surface area contributed by atoms with Crippen LogP contribution in [0.15, 0.2) is 12.1 Å². The van der Waals surface area contributed by atoms with Crippen molar-refractivity contribution in [3.8, 4) is 23.8 Å². The lowest BCUT2D eigenvalue weighted by Crippen LogP contribution is -2.18. The first-order chi connectivity index (χ1) is 8.26. The predicted molar refractivity (Wildman–Crippen MR) is 63.1 cm³/mol. The summed E-state index contributed by atoms with van der Waals surface area (Å²) in [6, 6.07) is 3.68. The maximum Gasteiger partial charge on any atom is 0.231 e. The molecule has 0 aliphatic carbocycles. The third-order valence-corrected chi connectivity index (χ3v) is 2.59. The van der Waals surface area contributed by atoms with Gasteiger partial charge in [0.15, 0.2) is 17.8 Å². The Morgan fingerprint density at radius 1 is 1.53 bits per heavy atom. The predicted octanol–water partition coefficient (Wildman–Crippen LogP) is 1.29. The second-order valence-electron chi connectivity index (χ2n) is 3.87. The molecule has 0 unspecified atom stereocenters. The highest BCUT2D eigenvalue weighted by atomic mass is 16.7. The van der Waals surface area contributed by atoms with E-state index in [9.17, 15) is 4.79 Å². The molecule has 1 aromatic carbocycles. The standard InChI is InChI=1S/C13H13NO3/c1-3-6-14(2)7-10-4-5-12-13(11(10)8-15)17-9-16-12/h1,4-5,8H,6-7,9H2,2H3. The molecule has 0 N–H and O–H groups in total. The van der Waals surface area contributed by atoms with Crippen molar-refractivity contribution in [3.63, 3.8) is 0 Å². The van der Waals surface area contributed by atoms with Crippen molar-refractivity contribution < 1.29 is 14.3 Å². The lowest BCUT2D eigenvalue weighted by Gasteiger charge is -2.15. The highest BCUT2D eigenvalue weighted by molar-refractivity contribution is 5.83. The molecule has 0 spiro atoms. The van der Waals surface area contributed by atoms with E-state index in [0.29, 0.717) is 30.2 Å². The van der Waals surface area contributed by atoms with Crippen LogP contribution in [-0.4, -0.2) is 31.6 Å². The fraction of sp³-hybridized carbons (Fsp3) is 0.308. The molecule has 0 saturated heterocycles. The molecule has 1 aliphatic rings. The van der Waals surface area contributed by atoms with Gasteiger partial charge in [-0.25, -0.2) is 0 Å². The molecule has 0 atom stereocenters. The average Bonchev–Trinajstić information content (AvgIpc) is 2.77. The van der Waals surface area contributed by atoms with Crippen LogP contribution < -0.4 is 9.47 Å². The molecule has 1 aliphatic heterocycles. The molecule has 1 heterocycles. The van der Waals surface area contributed by atoms with E-state index in [4.69, 9.17) is 15.9 Å². The summed E-state index contributed by atoms with van der Waals surface area (Å²) in [6.07, 6.45) is 6.04. The van der Waals surface area contributed by atoms with Crippen molar-refractivity contribution in [3.05, 3.63) is 23.3 Å². The summed E-state index contributed by atoms with van der Waals surface area (Å²) in [5.74, 6) is 3.71. The van der Waals surface area contributed by atoms with Crippen LogP contribution in [0.4, 0.5) is 0 Å². The van der Waals surface area contributed by atoms with Gasteiger partial charge in [-0.15, -0.1) is 6.42 Å². The smallest absolute Gasteiger partial charge is 0.231 e. The number of aldehydes is 1. The third kappa shape index (κ3) is 2.24. The van der Waals surface area contributed by atoms with Gasteiger partial charge in [-0.3, -0.25) is 9.69 Å². The summed E-state index contributed by atoms with van der Waals surface area (Å²) in [5, 5.41) is 0. The van der Waals surface area contributed by atoms with Gasteiger partial charge in [0, 0.05) is 6.54 Å². The van der Waals surface area contributed by atoms with Gasteiger partial charge in [-0.2, -0.15) is 0 Å². The number of ether oxygens (including phenoxy) is 2. The Bertz CT molecular complexity index is 476. The van der Waals surface area contributed by atoms with Crippen LogP contribution in [0.5, 0.6) is 11.5 Å². The number of rotatable bonds is 4. The first kappa shape index (κ1) is 11.5. The zero-order valence-electron chi connectivity index (χ0n) is 9.60. The van der Waals surface area contributed by atoms with Crippen molar-refractivity contribution in [1.29, 1.82) is 0 Å². The average molecular weight is 231 g/mol. The molecular weight excluding hydrogens is 218 g/mol. The summed E-state index contributed by atoms with van der Waals surface area (Å²) in [6.45, 7) is 1.31. The SMILES string of the molecule is C#CCN(C)Cc1ccc2c(c1C=O)OCO2. The van der Waals surface area contributed by atoms with Crippen LogP contribution in [0, 0.1) is 12.3 Å². The van der Waals surface area contributed by atoms with E-state index in [2.05, 4.69) is 5.92 Å². The molecule has 4 nitrogen and oxygen atoms in total. The summed E-state index contributed by atoms with van der Waals surface area (Å²) in [4.78, 5) is 13.1. The molecular formula is C13H13NO3. The fourth-order valence-electron chi connectivity index (χ4n) is 1.80. The highest BCUT2D eigenvalue weighted by Crippen LogP contribution is 2.36. The van der Waals surface area contributed by atoms with E-state index in [1.807, 2.05) is 24.1 Å². The first-order valence-corrected chi connectivity index (χ1v) is 5.25. The van der Waals surface area contributed by atoms with Crippen LogP contribution in [0.2, 0.25) is 0 Å². The van der Waals surface area contributed by atoms with Crippen molar-refractivity contribution in [2.45, 2.75) is 6.54 Å². The van der Waals surface area contributed by atoms with Gasteiger partial charge < -0.3 is 9.47 Å². The molecule has 0 aromatic heterocycles. The van der Waals surface area contributed by atoms with E-state index in [-0.39, 0.29) is 6.79 Å². The van der Waals surface area contributed by atoms with Crippen LogP contribution in [0.25, 0.3) is 0 Å². The van der Waals surface area contributed by atoms with Crippen molar-refractivity contribution in [1.82, 2.24) is 4.90 Å². The number of fused-ring (bicyclic) bond motifs is 1. The molecule has 17 heavy (non-hydrogen) atoms. The Kier molecular flexibility index (Phi) is 3.31. The summed E-state index contributed by atoms with van der Waals surface area (Å²) < 4.78 is 10.5. The molecule has 88 valence electrons. The molecule has 0 radical (unpaired) electrons. The largest absolute Gasteiger partial charge is 0.454 e. The Balaban J connectivity index is 2.29. The number of hydrogen-bond donors (Lipinski definition) is 0. The minimum absolute atomic E-state index is 0.166. The Morgan fingerprint density at radius 2 is 2.35 bits per heavy atom. The summed E-state index contributed by atoms with van der Waals surface area (Å²) in [5.41, 5.74) is 1.44. The zero-order valence-corrected chi connectivity index (χ0v) is 9.60. The lowest BCUT2D eigenvalue weighted by molar-refractivity contribution is 0.111. The third-order valence-electron chi connectivity index (χ3n) is 2.59. The summed E-state index contributed by atoms with van der Waals surface area (Å²) >= 11 is 0. The van der Waals surface area contributed by atoms with Crippen LogP contribution >= 0.6 is 0 Å². The zero-order chi connectivity index (χ0) is 12.3. The van der Waals surface area contributed by atoms with Gasteiger partial charge >= 0.3 is 0 Å². The number of carbonyl (C=O) groups is 1. The summed E-state index contributed by atoms with van der Waals surface area (Å²) in [7, 11) is 1.90. The number of hydrogen-bond acceptors (Lipinski definition) is 4. The lowest BCUT2D eigenvalue weighted by atomic mass is 10.1. The fourth-order valence-corrected chi connectivity index (χ4v) is 1.80. The second kappa shape index (κ2) is 4.89. The molecule has 0 fully saturated rings. The molecule has 0 saturated carbocycles. The first-order valence-electron chi connectivity index (χ1n) is 5.25. The topological polar surface area (TPSA) is 38.8 Å². The molecule has 0 bridgehead atoms. The van der Waals surface area contributed by atoms with Gasteiger partial charge in [0.2, 0.25) is 6.79 Å². The van der Waals surface area contributed by atoms with E-state index in [0.717, 1.165) is 11.8 Å². The second-order valence-corrected chi connectivity index (χ2v) is 3.87. The van der Waals surface area contributed by atoms with E-state index in [1.165, 1.54) is 0 Å². The van der Waals surface area contributed by atoms with Crippen molar-refractivity contribution >= 4 is 6.29 Å². The molecule has 0 amide bonds. The van der Waals surface area contributed by atoms with Gasteiger partial charge in [0.1, 0.15) is 0 Å². The maximum atomic E-state index is 11.1. The van der Waals surface area contributed by atoms with E-state index < -0.39 is 0 Å². The Morgan fingerprint density at radius 3 is 3.06 bits per heavy atom. The van der Waals surface area contributed by atoms with Crippen molar-refractivity contribution in [2.75, 3.05) is 20.4 Å². The van der Waals surface area contributed by atoms with Gasteiger partial charge in [0.05, 0.1) is 12.1 Å². The van der Waals surface area contributed by atoms with E-state index >= 15 is 0 Å². The van der Waals surface area contributed by atoms with E-state index in [1.54, 1.807) is 0 Å². The number of carbonyl (C=O) groups excluding carboxylic acids is 1. The van der Waals surface area contributed by atoms with Crippen LogP contribution in [-0.2, 0) is 6.54 Å². The van der Waals surface area contributed by atoms with Gasteiger partial charge in [-0.1, -0.05) is 12.0 Å². The van der Waals surface area contributed by atoms with Crippen LogP contribution in [0.1, 0.15) is 15.9 Å². The van der Waals surface area contributed by atoms with Gasteiger partial charge in [0.25, 0.3) is 0 Å². The Hall–Kier alpha value is -1.99. The minimum atomic E-state index is 0.166. The number of benzene rings is 1. The normalized spacial score (nSPS) is 12.5. The highest BCUT2D eigenvalue weighted by Gasteiger charge is 2.20.